The highest BCUT2D eigenvalue weighted by molar-refractivity contribution is 7.80. The van der Waals surface area contributed by atoms with E-state index in [1.165, 1.54) is 6.42 Å². The number of nitrogens with zero attached hydrogens (tertiary/aromatic N) is 1. The number of carbonyl (C=O) groups is 3. The van der Waals surface area contributed by atoms with Gasteiger partial charge in [0.25, 0.3) is 5.91 Å². The van der Waals surface area contributed by atoms with E-state index < -0.39 is 23.8 Å². The highest BCUT2D eigenvalue weighted by atomic mass is 32.1. The van der Waals surface area contributed by atoms with Crippen LogP contribution in [-0.2, 0) is 14.3 Å². The van der Waals surface area contributed by atoms with Gasteiger partial charge in [-0.15, -0.1) is 0 Å². The van der Waals surface area contributed by atoms with Crippen molar-refractivity contribution in [1.29, 1.82) is 0 Å². The lowest BCUT2D eigenvalue weighted by Gasteiger charge is -2.35. The molecule has 8 nitrogen and oxygen atoms in total. The Hall–Kier alpha value is -3.20. The number of ether oxygens (including phenoxy) is 2. The van der Waals surface area contributed by atoms with Crippen molar-refractivity contribution >= 4 is 36.2 Å². The van der Waals surface area contributed by atoms with E-state index in [0.717, 1.165) is 48.8 Å². The molecular weight excluding hydrogens is 550 g/mol. The third-order valence-electron chi connectivity index (χ3n) is 6.94. The number of methoxy groups -OCH3 is 1. The molecule has 2 rings (SSSR count). The van der Waals surface area contributed by atoms with Gasteiger partial charge in [-0.3, -0.25) is 9.59 Å². The molecule has 2 aromatic rings. The molecule has 3 amide bonds. The number of amides is 3. The Labute approximate surface area is 257 Å². The van der Waals surface area contributed by atoms with Gasteiger partial charge in [0.15, 0.2) is 0 Å². The number of thiol groups is 1. The predicted octanol–water partition coefficient (Wildman–Crippen LogP) is 7.00. The molecule has 2 atom stereocenters. The van der Waals surface area contributed by atoms with Gasteiger partial charge in [-0.1, -0.05) is 57.2 Å². The van der Waals surface area contributed by atoms with Gasteiger partial charge >= 0.3 is 6.09 Å². The lowest BCUT2D eigenvalue weighted by atomic mass is 9.93. The van der Waals surface area contributed by atoms with Crippen LogP contribution in [0.25, 0.3) is 0 Å². The molecule has 0 fully saturated rings. The number of unbranched alkanes of at least 4 members (excludes halogenated alkanes) is 5. The summed E-state index contributed by atoms with van der Waals surface area (Å²) in [7, 11) is 1.58. The van der Waals surface area contributed by atoms with Crippen LogP contribution in [0.15, 0.2) is 42.5 Å². The Kier molecular flexibility index (Phi) is 14.2. The molecule has 2 N–H and O–H groups in total. The van der Waals surface area contributed by atoms with Crippen molar-refractivity contribution in [3.8, 4) is 5.75 Å². The van der Waals surface area contributed by atoms with Gasteiger partial charge in [0.1, 0.15) is 23.4 Å². The molecule has 2 unspecified atom stereocenters. The van der Waals surface area contributed by atoms with Crippen LogP contribution in [-0.4, -0.2) is 53.9 Å². The van der Waals surface area contributed by atoms with Crippen molar-refractivity contribution in [2.24, 2.45) is 0 Å². The van der Waals surface area contributed by atoms with Gasteiger partial charge in [-0.2, -0.15) is 12.6 Å². The molecule has 0 heterocycles. The number of alkyl carbamates (subject to hydrolysis) is 1. The average Bonchev–Trinajstić information content (AvgIpc) is 2.93. The number of hydrogen-bond donors (Lipinski definition) is 3. The maximum Gasteiger partial charge on any atom is 0.408 e. The minimum Gasteiger partial charge on any atom is -0.497 e. The zero-order chi connectivity index (χ0) is 31.3. The number of anilines is 1. The van der Waals surface area contributed by atoms with E-state index in [1.54, 1.807) is 57.0 Å². The summed E-state index contributed by atoms with van der Waals surface area (Å²) >= 11 is 4.40. The van der Waals surface area contributed by atoms with Crippen LogP contribution in [0.4, 0.5) is 10.5 Å². The minimum absolute atomic E-state index is 0.0463. The first-order chi connectivity index (χ1) is 19.9. The quantitative estimate of drug-likeness (QED) is 0.151. The second kappa shape index (κ2) is 17.0. The molecule has 0 aliphatic carbocycles. The van der Waals surface area contributed by atoms with Gasteiger partial charge in [-0.05, 0) is 82.0 Å². The summed E-state index contributed by atoms with van der Waals surface area (Å²) in [6.07, 6.45) is 5.42. The minimum atomic E-state index is -0.983. The largest absolute Gasteiger partial charge is 0.497 e. The van der Waals surface area contributed by atoms with Crippen LogP contribution in [0.5, 0.6) is 5.75 Å². The first-order valence-corrected chi connectivity index (χ1v) is 15.5. The third-order valence-corrected chi connectivity index (χ3v) is 7.31. The van der Waals surface area contributed by atoms with Crippen LogP contribution in [0.2, 0.25) is 0 Å². The molecule has 0 aliphatic rings. The highest BCUT2D eigenvalue weighted by Crippen LogP contribution is 2.30. The fourth-order valence-electron chi connectivity index (χ4n) is 4.84. The van der Waals surface area contributed by atoms with Crippen LogP contribution in [0.3, 0.4) is 0 Å². The monoisotopic (exact) mass is 599 g/mol. The van der Waals surface area contributed by atoms with Crippen molar-refractivity contribution in [1.82, 2.24) is 10.2 Å². The van der Waals surface area contributed by atoms with E-state index in [-0.39, 0.29) is 17.6 Å². The number of benzene rings is 2. The number of carbonyl (C=O) groups excluding carboxylic acids is 3. The Morgan fingerprint density at radius 3 is 2.07 bits per heavy atom. The SMILES string of the molecule is CCCCCCCCN(C(=O)C(CS)NC(=O)OC(C)(C)C)C(C(=O)Nc1ccc(OC)cc1)c1c(C)cccc1C. The first kappa shape index (κ1) is 35.0. The summed E-state index contributed by atoms with van der Waals surface area (Å²) < 4.78 is 10.7. The Morgan fingerprint density at radius 2 is 1.52 bits per heavy atom. The topological polar surface area (TPSA) is 97.0 Å². The predicted molar refractivity (Wildman–Crippen MR) is 172 cm³/mol. The van der Waals surface area contributed by atoms with Gasteiger partial charge < -0.3 is 25.0 Å². The van der Waals surface area contributed by atoms with Gasteiger partial charge in [-0.25, -0.2) is 4.79 Å². The van der Waals surface area contributed by atoms with Crippen molar-refractivity contribution in [3.63, 3.8) is 0 Å². The summed E-state index contributed by atoms with van der Waals surface area (Å²) in [5, 5.41) is 5.69. The summed E-state index contributed by atoms with van der Waals surface area (Å²) in [4.78, 5) is 42.6. The van der Waals surface area contributed by atoms with Crippen molar-refractivity contribution in [2.45, 2.75) is 97.8 Å². The van der Waals surface area contributed by atoms with E-state index in [2.05, 4.69) is 30.2 Å². The summed E-state index contributed by atoms with van der Waals surface area (Å²) in [6.45, 7) is 11.7. The molecule has 0 saturated heterocycles. The average molecular weight is 600 g/mol. The lowest BCUT2D eigenvalue weighted by Crippen LogP contribution is -2.53. The summed E-state index contributed by atoms with van der Waals surface area (Å²) in [6, 6.07) is 11.0. The number of hydrogen-bond acceptors (Lipinski definition) is 6. The molecule has 0 spiro atoms. The van der Waals surface area contributed by atoms with Crippen LogP contribution < -0.4 is 15.4 Å². The van der Waals surface area contributed by atoms with E-state index in [0.29, 0.717) is 18.0 Å². The summed E-state index contributed by atoms with van der Waals surface area (Å²) in [5.74, 6) is -0.0111. The molecular formula is C33H49N3O5S. The van der Waals surface area contributed by atoms with Gasteiger partial charge in [0, 0.05) is 18.0 Å². The van der Waals surface area contributed by atoms with Gasteiger partial charge in [0.05, 0.1) is 7.11 Å². The van der Waals surface area contributed by atoms with E-state index in [9.17, 15) is 14.4 Å². The molecule has 232 valence electrons. The molecule has 0 saturated carbocycles. The van der Waals surface area contributed by atoms with Crippen LogP contribution in [0.1, 0.15) is 89.0 Å². The summed E-state index contributed by atoms with van der Waals surface area (Å²) in [5.41, 5.74) is 2.41. The molecule has 2 aromatic carbocycles. The second-order valence-electron chi connectivity index (χ2n) is 11.6. The smallest absolute Gasteiger partial charge is 0.408 e. The van der Waals surface area contributed by atoms with Crippen molar-refractivity contribution in [2.75, 3.05) is 24.7 Å². The maximum atomic E-state index is 14.2. The fraction of sp³-hybridized carbons (Fsp3) is 0.545. The molecule has 0 aliphatic heterocycles. The van der Waals surface area contributed by atoms with Crippen molar-refractivity contribution < 1.29 is 23.9 Å². The number of aryl methyl sites for hydroxylation is 2. The maximum absolute atomic E-state index is 14.2. The second-order valence-corrected chi connectivity index (χ2v) is 12.0. The first-order valence-electron chi connectivity index (χ1n) is 14.8. The number of rotatable bonds is 15. The molecule has 0 bridgehead atoms. The van der Waals surface area contributed by atoms with Gasteiger partial charge in [0.2, 0.25) is 5.91 Å². The zero-order valence-corrected chi connectivity index (χ0v) is 27.2. The van der Waals surface area contributed by atoms with Crippen LogP contribution >= 0.6 is 12.6 Å². The zero-order valence-electron chi connectivity index (χ0n) is 26.3. The molecule has 42 heavy (non-hydrogen) atoms. The van der Waals surface area contributed by atoms with Crippen molar-refractivity contribution in [3.05, 3.63) is 59.2 Å². The van der Waals surface area contributed by atoms with E-state index in [4.69, 9.17) is 9.47 Å². The normalized spacial score (nSPS) is 12.7. The standard InChI is InChI=1S/C33H49N3O5S/c1-8-9-10-11-12-13-21-36(31(38)27(22-42)35-32(39)41-33(4,5)6)29(28-23(2)15-14-16-24(28)3)30(37)34-25-17-19-26(40-7)20-18-25/h14-20,27,29,42H,8-13,21-22H2,1-7H3,(H,34,37)(H,35,39). The molecule has 0 aromatic heterocycles. The Bertz CT molecular complexity index is 1140. The third kappa shape index (κ3) is 10.9. The van der Waals surface area contributed by atoms with E-state index >= 15 is 0 Å². The molecule has 9 heteroatoms. The van der Waals surface area contributed by atoms with Crippen LogP contribution in [0, 0.1) is 13.8 Å². The number of nitrogens with one attached hydrogen (secondary N) is 2. The fourth-order valence-corrected chi connectivity index (χ4v) is 5.08. The Morgan fingerprint density at radius 1 is 0.929 bits per heavy atom. The Balaban J connectivity index is 2.51. The lowest BCUT2D eigenvalue weighted by molar-refractivity contribution is -0.140. The molecule has 0 radical (unpaired) electrons. The highest BCUT2D eigenvalue weighted by Gasteiger charge is 2.37. The van der Waals surface area contributed by atoms with E-state index in [1.807, 2.05) is 32.0 Å².